The third kappa shape index (κ3) is 2.96. The van der Waals surface area contributed by atoms with Crippen LogP contribution in [0, 0.1) is 5.41 Å². The molecule has 3 aliphatic rings. The van der Waals surface area contributed by atoms with Gasteiger partial charge in [-0.3, -0.25) is 9.59 Å². The zero-order chi connectivity index (χ0) is 18.1. The first kappa shape index (κ1) is 17.3. The van der Waals surface area contributed by atoms with Crippen LogP contribution in [-0.4, -0.2) is 56.7 Å². The average molecular weight is 358 g/mol. The number of piperazine rings is 1. The van der Waals surface area contributed by atoms with E-state index in [1.54, 1.807) is 12.0 Å². The Labute approximate surface area is 154 Å². The van der Waals surface area contributed by atoms with Gasteiger partial charge >= 0.3 is 0 Å². The number of anilines is 1. The van der Waals surface area contributed by atoms with E-state index in [1.807, 2.05) is 18.2 Å². The molecule has 6 nitrogen and oxygen atoms in total. The molecule has 0 unspecified atom stereocenters. The van der Waals surface area contributed by atoms with Crippen LogP contribution >= 0.6 is 0 Å². The smallest absolute Gasteiger partial charge is 0.240 e. The van der Waals surface area contributed by atoms with Crippen molar-refractivity contribution < 1.29 is 19.2 Å². The predicted molar refractivity (Wildman–Crippen MR) is 98.1 cm³/mol. The first-order valence-corrected chi connectivity index (χ1v) is 9.69. The first-order valence-electron chi connectivity index (χ1n) is 9.69. The van der Waals surface area contributed by atoms with E-state index in [-0.39, 0.29) is 17.2 Å². The molecule has 2 heterocycles. The summed E-state index contributed by atoms with van der Waals surface area (Å²) in [6, 6.07) is 8.07. The van der Waals surface area contributed by atoms with Gasteiger partial charge in [-0.05, 0) is 25.0 Å². The Bertz CT molecular complexity index is 691. The van der Waals surface area contributed by atoms with Crippen LogP contribution in [0.15, 0.2) is 24.3 Å². The van der Waals surface area contributed by atoms with Gasteiger partial charge in [-0.15, -0.1) is 0 Å². The number of hydrogen-bond acceptors (Lipinski definition) is 4. The molecule has 1 N–H and O–H groups in total. The molecule has 26 heavy (non-hydrogen) atoms. The molecule has 0 aromatic heterocycles. The Hall–Kier alpha value is -2.08. The van der Waals surface area contributed by atoms with Gasteiger partial charge in [0.05, 0.1) is 44.4 Å². The van der Waals surface area contributed by atoms with Crippen LogP contribution in [0.1, 0.15) is 32.1 Å². The third-order valence-electron chi connectivity index (χ3n) is 6.33. The fourth-order valence-electron chi connectivity index (χ4n) is 4.80. The van der Waals surface area contributed by atoms with E-state index in [9.17, 15) is 9.59 Å². The molecular formula is C20H28N3O3+. The summed E-state index contributed by atoms with van der Waals surface area (Å²) < 4.78 is 5.47. The third-order valence-corrected chi connectivity index (χ3v) is 6.33. The van der Waals surface area contributed by atoms with Crippen LogP contribution in [0.3, 0.4) is 0 Å². The minimum absolute atomic E-state index is 0.0385. The minimum Gasteiger partial charge on any atom is -0.495 e. The van der Waals surface area contributed by atoms with Gasteiger partial charge in [0.2, 0.25) is 11.8 Å². The Morgan fingerprint density at radius 3 is 2.50 bits per heavy atom. The molecule has 4 rings (SSSR count). The van der Waals surface area contributed by atoms with Crippen molar-refractivity contribution in [2.75, 3.05) is 44.9 Å². The second-order valence-electron chi connectivity index (χ2n) is 7.86. The fourth-order valence-corrected chi connectivity index (χ4v) is 4.80. The summed E-state index contributed by atoms with van der Waals surface area (Å²) >= 11 is 0. The van der Waals surface area contributed by atoms with E-state index in [2.05, 4.69) is 11.0 Å². The Morgan fingerprint density at radius 1 is 1.12 bits per heavy atom. The van der Waals surface area contributed by atoms with Crippen LogP contribution in [0.25, 0.3) is 0 Å². The lowest BCUT2D eigenvalue weighted by atomic mass is 9.85. The Morgan fingerprint density at radius 2 is 1.81 bits per heavy atom. The highest BCUT2D eigenvalue weighted by atomic mass is 16.5. The average Bonchev–Trinajstić information content (AvgIpc) is 3.23. The number of nitrogens with zero attached hydrogens (tertiary/aromatic N) is 2. The fraction of sp³-hybridized carbons (Fsp3) is 0.600. The zero-order valence-corrected chi connectivity index (χ0v) is 15.5. The summed E-state index contributed by atoms with van der Waals surface area (Å²) in [6.07, 6.45) is 4.39. The highest BCUT2D eigenvalue weighted by Gasteiger charge is 2.53. The van der Waals surface area contributed by atoms with E-state index in [4.69, 9.17) is 4.74 Å². The van der Waals surface area contributed by atoms with Crippen LogP contribution < -0.4 is 14.5 Å². The molecule has 0 radical (unpaired) electrons. The van der Waals surface area contributed by atoms with E-state index >= 15 is 0 Å². The number of methoxy groups -OCH3 is 1. The number of benzene rings is 1. The number of nitrogens with one attached hydrogen (secondary N) is 1. The largest absolute Gasteiger partial charge is 0.495 e. The number of imide groups is 1. The number of ether oxygens (including phenoxy) is 1. The number of likely N-dealkylation sites (tertiary alicyclic amines) is 1. The van der Waals surface area contributed by atoms with Gasteiger partial charge < -0.3 is 14.5 Å². The van der Waals surface area contributed by atoms with Crippen molar-refractivity contribution in [1.82, 2.24) is 4.90 Å². The van der Waals surface area contributed by atoms with Crippen molar-refractivity contribution in [1.29, 1.82) is 0 Å². The number of quaternary nitrogens is 1. The molecule has 1 aliphatic carbocycles. The van der Waals surface area contributed by atoms with Gasteiger partial charge in [-0.25, -0.2) is 4.90 Å². The molecule has 1 aromatic carbocycles. The predicted octanol–water partition coefficient (Wildman–Crippen LogP) is 0.677. The molecule has 6 heteroatoms. The molecule has 0 atom stereocenters. The molecule has 3 fully saturated rings. The molecular weight excluding hydrogens is 330 g/mol. The van der Waals surface area contributed by atoms with E-state index in [0.29, 0.717) is 13.1 Å². The van der Waals surface area contributed by atoms with Crippen LogP contribution in [0.5, 0.6) is 5.75 Å². The van der Waals surface area contributed by atoms with Gasteiger partial charge in [-0.2, -0.15) is 0 Å². The highest BCUT2D eigenvalue weighted by molar-refractivity contribution is 6.05. The molecule has 140 valence electrons. The molecule has 1 spiro atoms. The summed E-state index contributed by atoms with van der Waals surface area (Å²) in [4.78, 5) is 30.5. The minimum atomic E-state index is -0.351. The van der Waals surface area contributed by atoms with Crippen molar-refractivity contribution in [3.05, 3.63) is 24.3 Å². The van der Waals surface area contributed by atoms with Crippen molar-refractivity contribution in [2.24, 2.45) is 5.41 Å². The normalized spacial score (nSPS) is 23.3. The van der Waals surface area contributed by atoms with Crippen molar-refractivity contribution >= 4 is 17.5 Å². The lowest BCUT2D eigenvalue weighted by Gasteiger charge is -2.35. The van der Waals surface area contributed by atoms with Crippen molar-refractivity contribution in [2.45, 2.75) is 32.1 Å². The second-order valence-corrected chi connectivity index (χ2v) is 7.86. The van der Waals surface area contributed by atoms with Crippen LogP contribution in [0.4, 0.5) is 5.69 Å². The lowest BCUT2D eigenvalue weighted by molar-refractivity contribution is -0.908. The van der Waals surface area contributed by atoms with Gasteiger partial charge in [0.15, 0.2) is 6.67 Å². The molecule has 0 bridgehead atoms. The number of carbonyl (C=O) groups is 2. The number of rotatable bonds is 4. The van der Waals surface area contributed by atoms with Gasteiger partial charge in [0.25, 0.3) is 0 Å². The maximum atomic E-state index is 12.8. The molecule has 1 aromatic rings. The van der Waals surface area contributed by atoms with Crippen LogP contribution in [-0.2, 0) is 9.59 Å². The molecule has 2 saturated heterocycles. The van der Waals surface area contributed by atoms with E-state index in [0.717, 1.165) is 63.3 Å². The summed E-state index contributed by atoms with van der Waals surface area (Å²) in [6.45, 7) is 4.16. The van der Waals surface area contributed by atoms with Gasteiger partial charge in [0.1, 0.15) is 5.75 Å². The monoisotopic (exact) mass is 358 g/mol. The Kier molecular flexibility index (Phi) is 4.61. The summed E-state index contributed by atoms with van der Waals surface area (Å²) in [5.41, 5.74) is 0.766. The standard InChI is InChI=1S/C20H27N3O3/c1-26-17-7-3-2-6-16(17)22-12-10-21(11-13-22)15-23-18(24)14-20(19(23)25)8-4-5-9-20/h2-3,6-7H,4-5,8-15H2,1H3/p+1. The molecule has 2 amide bonds. The van der Waals surface area contributed by atoms with E-state index in [1.165, 1.54) is 4.90 Å². The zero-order valence-electron chi connectivity index (χ0n) is 15.5. The number of para-hydroxylation sites is 2. The van der Waals surface area contributed by atoms with Crippen LogP contribution in [0.2, 0.25) is 0 Å². The number of carbonyl (C=O) groups excluding carboxylic acids is 2. The molecule has 2 aliphatic heterocycles. The van der Waals surface area contributed by atoms with Gasteiger partial charge in [-0.1, -0.05) is 25.0 Å². The summed E-state index contributed by atoms with van der Waals surface area (Å²) in [5, 5.41) is 0. The second kappa shape index (κ2) is 6.91. The van der Waals surface area contributed by atoms with Crippen molar-refractivity contribution in [3.8, 4) is 5.75 Å². The maximum Gasteiger partial charge on any atom is 0.240 e. The summed E-state index contributed by atoms with van der Waals surface area (Å²) in [5.74, 6) is 1.03. The SMILES string of the molecule is COc1ccccc1N1CC[NH+](CN2C(=O)CC3(CCCC3)C2=O)CC1. The highest BCUT2D eigenvalue weighted by Crippen LogP contribution is 2.46. The first-order chi connectivity index (χ1) is 12.6. The molecule has 1 saturated carbocycles. The topological polar surface area (TPSA) is 54.3 Å². The number of hydrogen-bond donors (Lipinski definition) is 1. The van der Waals surface area contributed by atoms with Gasteiger partial charge in [0, 0.05) is 6.42 Å². The summed E-state index contributed by atoms with van der Waals surface area (Å²) in [7, 11) is 1.70. The number of amides is 2. The quantitative estimate of drug-likeness (QED) is 0.804. The Balaban J connectivity index is 1.37. The maximum absolute atomic E-state index is 12.8. The van der Waals surface area contributed by atoms with Crippen molar-refractivity contribution in [3.63, 3.8) is 0 Å². The van der Waals surface area contributed by atoms with E-state index < -0.39 is 0 Å². The lowest BCUT2D eigenvalue weighted by Crippen LogP contribution is -3.16.